The first-order chi connectivity index (χ1) is 9.51. The first-order valence-electron chi connectivity index (χ1n) is 7.72. The number of hydrogen-bond acceptors (Lipinski definition) is 3. The van der Waals surface area contributed by atoms with Gasteiger partial charge in [0.2, 0.25) is 0 Å². The molecular formula is C17H23NO2. The van der Waals surface area contributed by atoms with Crippen LogP contribution in [0.15, 0.2) is 30.3 Å². The van der Waals surface area contributed by atoms with Crippen molar-refractivity contribution in [2.24, 2.45) is 5.92 Å². The monoisotopic (exact) mass is 273 g/mol. The van der Waals surface area contributed by atoms with E-state index in [1.807, 2.05) is 13.8 Å². The summed E-state index contributed by atoms with van der Waals surface area (Å²) in [4.78, 5) is 2.49. The Bertz CT molecular complexity index is 515. The van der Waals surface area contributed by atoms with Gasteiger partial charge in [-0.15, -0.1) is 0 Å². The van der Waals surface area contributed by atoms with Gasteiger partial charge in [0, 0.05) is 12.0 Å². The number of benzene rings is 1. The Morgan fingerprint density at radius 2 is 2.00 bits per heavy atom. The topological polar surface area (TPSA) is 21.7 Å². The summed E-state index contributed by atoms with van der Waals surface area (Å²) in [5, 5.41) is 0. The number of ether oxygens (including phenoxy) is 2. The summed E-state index contributed by atoms with van der Waals surface area (Å²) in [7, 11) is 0. The minimum Gasteiger partial charge on any atom is -0.332 e. The minimum absolute atomic E-state index is 0.105. The largest absolute Gasteiger partial charge is 0.332 e. The van der Waals surface area contributed by atoms with Gasteiger partial charge in [0.05, 0.1) is 0 Å². The third-order valence-electron chi connectivity index (χ3n) is 5.17. The zero-order chi connectivity index (χ0) is 14.0. The van der Waals surface area contributed by atoms with Gasteiger partial charge in [0.1, 0.15) is 12.0 Å². The average Bonchev–Trinajstić information content (AvgIpc) is 2.89. The SMILES string of the molecule is CC(c1ccccc1)N1C2OC(C)(C)O[C@]13CCC2C3. The molecule has 0 amide bonds. The van der Waals surface area contributed by atoms with E-state index in [0.29, 0.717) is 12.0 Å². The van der Waals surface area contributed by atoms with Crippen LogP contribution in [-0.4, -0.2) is 22.6 Å². The van der Waals surface area contributed by atoms with E-state index in [9.17, 15) is 0 Å². The molecule has 0 radical (unpaired) electrons. The standard InChI is InChI=1S/C17H23NO2/c1-12(13-7-5-4-6-8-13)18-15-14-9-10-17(18,11-14)20-16(2,3)19-15/h4-8,12,14-15H,9-11H2,1-3H3/t12?,14?,15?,17-/m0/s1. The van der Waals surface area contributed by atoms with Gasteiger partial charge in [-0.2, -0.15) is 0 Å². The molecule has 2 aliphatic heterocycles. The summed E-state index contributed by atoms with van der Waals surface area (Å²) < 4.78 is 12.7. The molecule has 3 fully saturated rings. The van der Waals surface area contributed by atoms with Crippen molar-refractivity contribution in [2.45, 2.75) is 63.8 Å². The highest BCUT2D eigenvalue weighted by molar-refractivity contribution is 5.21. The van der Waals surface area contributed by atoms with Crippen LogP contribution in [-0.2, 0) is 9.47 Å². The Morgan fingerprint density at radius 1 is 1.25 bits per heavy atom. The van der Waals surface area contributed by atoms with Gasteiger partial charge < -0.3 is 9.47 Å². The van der Waals surface area contributed by atoms with Crippen molar-refractivity contribution in [1.82, 2.24) is 4.90 Å². The highest BCUT2D eigenvalue weighted by Crippen LogP contribution is 2.59. The Morgan fingerprint density at radius 3 is 2.70 bits per heavy atom. The van der Waals surface area contributed by atoms with Gasteiger partial charge in [-0.1, -0.05) is 30.3 Å². The third kappa shape index (κ3) is 1.70. The molecule has 2 heterocycles. The number of fused-ring (bicyclic) bond motifs is 3. The zero-order valence-electron chi connectivity index (χ0n) is 12.5. The van der Waals surface area contributed by atoms with Crippen LogP contribution in [0.4, 0.5) is 0 Å². The van der Waals surface area contributed by atoms with Gasteiger partial charge >= 0.3 is 0 Å². The summed E-state index contributed by atoms with van der Waals surface area (Å²) in [6.45, 7) is 6.37. The molecule has 4 rings (SSSR count). The molecule has 3 bridgehead atoms. The van der Waals surface area contributed by atoms with E-state index in [2.05, 4.69) is 42.2 Å². The molecule has 1 saturated carbocycles. The third-order valence-corrected chi connectivity index (χ3v) is 5.17. The lowest BCUT2D eigenvalue weighted by Gasteiger charge is -2.54. The summed E-state index contributed by atoms with van der Waals surface area (Å²) >= 11 is 0. The van der Waals surface area contributed by atoms with Crippen LogP contribution in [0.2, 0.25) is 0 Å². The lowest BCUT2D eigenvalue weighted by Crippen LogP contribution is -2.62. The zero-order valence-corrected chi connectivity index (χ0v) is 12.5. The van der Waals surface area contributed by atoms with Gasteiger partial charge in [-0.25, -0.2) is 4.90 Å². The summed E-state index contributed by atoms with van der Waals surface area (Å²) in [5.74, 6) is 0.176. The van der Waals surface area contributed by atoms with E-state index in [1.165, 1.54) is 12.0 Å². The smallest absolute Gasteiger partial charge is 0.167 e. The van der Waals surface area contributed by atoms with Crippen LogP contribution in [0, 0.1) is 5.92 Å². The predicted octanol–water partition coefficient (Wildman–Crippen LogP) is 3.67. The van der Waals surface area contributed by atoms with Gasteiger partial charge in [-0.05, 0) is 45.6 Å². The van der Waals surface area contributed by atoms with E-state index in [-0.39, 0.29) is 12.0 Å². The fourth-order valence-electron chi connectivity index (χ4n) is 4.50. The molecule has 3 aliphatic rings. The quantitative estimate of drug-likeness (QED) is 0.820. The maximum atomic E-state index is 6.40. The number of rotatable bonds is 2. The first-order valence-corrected chi connectivity index (χ1v) is 7.72. The molecule has 3 nitrogen and oxygen atoms in total. The second-order valence-electron chi connectivity index (χ2n) is 6.95. The molecule has 3 heteroatoms. The molecular weight excluding hydrogens is 250 g/mol. The highest BCUT2D eigenvalue weighted by atomic mass is 16.7. The molecule has 0 aromatic heterocycles. The minimum atomic E-state index is -0.452. The predicted molar refractivity (Wildman–Crippen MR) is 76.8 cm³/mol. The normalized spacial score (nSPS) is 40.0. The summed E-state index contributed by atoms with van der Waals surface area (Å²) in [5.41, 5.74) is 1.24. The van der Waals surface area contributed by atoms with E-state index in [0.717, 1.165) is 12.8 Å². The Balaban J connectivity index is 1.70. The fourth-order valence-corrected chi connectivity index (χ4v) is 4.50. The maximum Gasteiger partial charge on any atom is 0.167 e. The first kappa shape index (κ1) is 12.8. The molecule has 4 atom stereocenters. The molecule has 0 N–H and O–H groups in total. The second-order valence-corrected chi connectivity index (χ2v) is 6.95. The van der Waals surface area contributed by atoms with Crippen molar-refractivity contribution in [1.29, 1.82) is 0 Å². The van der Waals surface area contributed by atoms with E-state index in [4.69, 9.17) is 9.47 Å². The molecule has 1 aliphatic carbocycles. The summed E-state index contributed by atoms with van der Waals surface area (Å²) in [6.07, 6.45) is 3.71. The van der Waals surface area contributed by atoms with Crippen LogP contribution in [0.1, 0.15) is 51.6 Å². The number of piperidine rings is 1. The van der Waals surface area contributed by atoms with Crippen molar-refractivity contribution in [3.05, 3.63) is 35.9 Å². The van der Waals surface area contributed by atoms with Crippen molar-refractivity contribution < 1.29 is 9.47 Å². The molecule has 1 spiro atoms. The second kappa shape index (κ2) is 4.06. The van der Waals surface area contributed by atoms with Gasteiger partial charge in [0.15, 0.2) is 5.79 Å². The van der Waals surface area contributed by atoms with Crippen molar-refractivity contribution in [2.75, 3.05) is 0 Å². The lowest BCUT2D eigenvalue weighted by atomic mass is 9.99. The van der Waals surface area contributed by atoms with Crippen LogP contribution in [0.25, 0.3) is 0 Å². The van der Waals surface area contributed by atoms with Crippen molar-refractivity contribution in [3.63, 3.8) is 0 Å². The molecule has 1 aromatic carbocycles. The lowest BCUT2D eigenvalue weighted by molar-refractivity contribution is -0.398. The van der Waals surface area contributed by atoms with Crippen LogP contribution in [0.3, 0.4) is 0 Å². The van der Waals surface area contributed by atoms with E-state index >= 15 is 0 Å². The van der Waals surface area contributed by atoms with Crippen LogP contribution in [0.5, 0.6) is 0 Å². The van der Waals surface area contributed by atoms with E-state index in [1.54, 1.807) is 0 Å². The number of nitrogens with zero attached hydrogens (tertiary/aromatic N) is 1. The Hall–Kier alpha value is -0.900. The van der Waals surface area contributed by atoms with E-state index < -0.39 is 5.79 Å². The molecule has 1 aromatic rings. The van der Waals surface area contributed by atoms with Crippen molar-refractivity contribution in [3.8, 4) is 0 Å². The molecule has 2 saturated heterocycles. The average molecular weight is 273 g/mol. The Labute approximate surface area is 120 Å². The van der Waals surface area contributed by atoms with Gasteiger partial charge in [-0.3, -0.25) is 0 Å². The van der Waals surface area contributed by atoms with Crippen LogP contribution >= 0.6 is 0 Å². The number of hydrogen-bond donors (Lipinski definition) is 0. The highest BCUT2D eigenvalue weighted by Gasteiger charge is 2.65. The molecule has 20 heavy (non-hydrogen) atoms. The fraction of sp³-hybridized carbons (Fsp3) is 0.647. The summed E-state index contributed by atoms with van der Waals surface area (Å²) in [6, 6.07) is 11.0. The molecule has 3 unspecified atom stereocenters. The van der Waals surface area contributed by atoms with Crippen LogP contribution < -0.4 is 0 Å². The molecule has 108 valence electrons. The van der Waals surface area contributed by atoms with Crippen molar-refractivity contribution >= 4 is 0 Å². The Kier molecular flexibility index (Phi) is 2.60. The maximum absolute atomic E-state index is 6.40. The van der Waals surface area contributed by atoms with Gasteiger partial charge in [0.25, 0.3) is 0 Å².